The van der Waals surface area contributed by atoms with E-state index in [4.69, 9.17) is 0 Å². The Morgan fingerprint density at radius 3 is 3.06 bits per heavy atom. The zero-order chi connectivity index (χ0) is 11.0. The summed E-state index contributed by atoms with van der Waals surface area (Å²) in [6, 6.07) is 0. The van der Waals surface area contributed by atoms with Crippen molar-refractivity contribution in [3.05, 3.63) is 27.2 Å². The van der Waals surface area contributed by atoms with Gasteiger partial charge in [-0.25, -0.2) is 9.97 Å². The third-order valence-corrected chi connectivity index (χ3v) is 4.46. The average Bonchev–Trinajstić information content (AvgIpc) is 2.87. The smallest absolute Gasteiger partial charge is 0.183 e. The molecule has 84 valence electrons. The molecule has 2 aromatic rings. The fourth-order valence-corrected chi connectivity index (χ4v) is 3.18. The van der Waals surface area contributed by atoms with E-state index < -0.39 is 0 Å². The summed E-state index contributed by atoms with van der Waals surface area (Å²) in [7, 11) is 0. The summed E-state index contributed by atoms with van der Waals surface area (Å²) in [5.41, 5.74) is 1.14. The molecule has 0 amide bonds. The Morgan fingerprint density at radius 2 is 2.38 bits per heavy atom. The first kappa shape index (κ1) is 10.2. The third-order valence-electron chi connectivity index (χ3n) is 2.54. The number of anilines is 1. The van der Waals surface area contributed by atoms with E-state index in [2.05, 4.69) is 27.6 Å². The Kier molecular flexibility index (Phi) is 2.65. The molecule has 0 spiro atoms. The Balaban J connectivity index is 1.61. The molecule has 0 atom stereocenters. The summed E-state index contributed by atoms with van der Waals surface area (Å²) in [5.74, 6) is 0.765. The standard InChI is InChI=1S/C11H13N3S2/c1-7-4-12-11(16-7)13-5-9-6-15-10(14-9)8-2-3-8/h4,6,8H,2-3,5H2,1H3,(H,12,13). The molecule has 1 N–H and O–H groups in total. The van der Waals surface area contributed by atoms with Gasteiger partial charge < -0.3 is 5.32 Å². The summed E-state index contributed by atoms with van der Waals surface area (Å²) in [6.07, 6.45) is 4.54. The zero-order valence-electron chi connectivity index (χ0n) is 9.06. The molecule has 0 unspecified atom stereocenters. The molecule has 1 saturated carbocycles. The molecule has 3 rings (SSSR count). The Morgan fingerprint density at radius 1 is 1.50 bits per heavy atom. The van der Waals surface area contributed by atoms with Crippen LogP contribution in [0.25, 0.3) is 0 Å². The van der Waals surface area contributed by atoms with Crippen LogP contribution in [0.3, 0.4) is 0 Å². The van der Waals surface area contributed by atoms with E-state index >= 15 is 0 Å². The first-order valence-electron chi connectivity index (χ1n) is 5.42. The van der Waals surface area contributed by atoms with Crippen molar-refractivity contribution in [2.75, 3.05) is 5.32 Å². The highest BCUT2D eigenvalue weighted by atomic mass is 32.1. The number of hydrogen-bond acceptors (Lipinski definition) is 5. The molecular weight excluding hydrogens is 238 g/mol. The van der Waals surface area contributed by atoms with E-state index in [0.717, 1.165) is 23.3 Å². The predicted molar refractivity (Wildman–Crippen MR) is 68.3 cm³/mol. The van der Waals surface area contributed by atoms with Crippen LogP contribution in [0.15, 0.2) is 11.6 Å². The van der Waals surface area contributed by atoms with Gasteiger partial charge in [0.15, 0.2) is 5.13 Å². The molecule has 5 heteroatoms. The molecular formula is C11H13N3S2. The second kappa shape index (κ2) is 4.14. The summed E-state index contributed by atoms with van der Waals surface area (Å²) in [4.78, 5) is 10.1. The lowest BCUT2D eigenvalue weighted by molar-refractivity contribution is 1.00. The van der Waals surface area contributed by atoms with Crippen molar-refractivity contribution in [3.8, 4) is 0 Å². The van der Waals surface area contributed by atoms with Crippen LogP contribution in [0.1, 0.15) is 34.3 Å². The number of nitrogens with zero attached hydrogens (tertiary/aromatic N) is 2. The van der Waals surface area contributed by atoms with Gasteiger partial charge in [0.05, 0.1) is 17.2 Å². The highest BCUT2D eigenvalue weighted by molar-refractivity contribution is 7.15. The zero-order valence-corrected chi connectivity index (χ0v) is 10.7. The highest BCUT2D eigenvalue weighted by Crippen LogP contribution is 2.41. The van der Waals surface area contributed by atoms with E-state index in [-0.39, 0.29) is 0 Å². The van der Waals surface area contributed by atoms with Crippen molar-refractivity contribution in [1.82, 2.24) is 9.97 Å². The van der Waals surface area contributed by atoms with Crippen LogP contribution in [-0.4, -0.2) is 9.97 Å². The molecule has 0 aliphatic heterocycles. The van der Waals surface area contributed by atoms with E-state index in [9.17, 15) is 0 Å². The van der Waals surface area contributed by atoms with Gasteiger partial charge in [-0.15, -0.1) is 22.7 Å². The minimum Gasteiger partial charge on any atom is -0.356 e. The van der Waals surface area contributed by atoms with Gasteiger partial charge in [0, 0.05) is 22.4 Å². The van der Waals surface area contributed by atoms with Gasteiger partial charge >= 0.3 is 0 Å². The van der Waals surface area contributed by atoms with Crippen LogP contribution in [-0.2, 0) is 6.54 Å². The Labute approximate surface area is 103 Å². The average molecular weight is 251 g/mol. The number of thiazole rings is 2. The van der Waals surface area contributed by atoms with Gasteiger partial charge in [-0.1, -0.05) is 0 Å². The normalized spacial score (nSPS) is 15.3. The number of aromatic nitrogens is 2. The maximum Gasteiger partial charge on any atom is 0.183 e. The lowest BCUT2D eigenvalue weighted by atomic mass is 10.4. The molecule has 2 heterocycles. The SMILES string of the molecule is Cc1cnc(NCc2csc(C3CC3)n2)s1. The van der Waals surface area contributed by atoms with Crippen molar-refractivity contribution in [2.45, 2.75) is 32.2 Å². The van der Waals surface area contributed by atoms with Gasteiger partial charge in [0.25, 0.3) is 0 Å². The summed E-state index contributed by atoms with van der Waals surface area (Å²) < 4.78 is 0. The topological polar surface area (TPSA) is 37.8 Å². The first-order chi connectivity index (χ1) is 7.81. The molecule has 1 aliphatic carbocycles. The quantitative estimate of drug-likeness (QED) is 0.905. The van der Waals surface area contributed by atoms with Crippen molar-refractivity contribution >= 4 is 27.8 Å². The largest absolute Gasteiger partial charge is 0.356 e. The van der Waals surface area contributed by atoms with Crippen LogP contribution in [0.4, 0.5) is 5.13 Å². The number of nitrogens with one attached hydrogen (secondary N) is 1. The van der Waals surface area contributed by atoms with E-state index in [1.165, 1.54) is 22.7 Å². The molecule has 0 bridgehead atoms. The van der Waals surface area contributed by atoms with Crippen LogP contribution in [0, 0.1) is 6.92 Å². The van der Waals surface area contributed by atoms with Crippen molar-refractivity contribution in [1.29, 1.82) is 0 Å². The fourth-order valence-electron chi connectivity index (χ4n) is 1.52. The number of hydrogen-bond donors (Lipinski definition) is 1. The van der Waals surface area contributed by atoms with E-state index in [1.807, 2.05) is 6.20 Å². The minimum absolute atomic E-state index is 0.765. The van der Waals surface area contributed by atoms with Gasteiger partial charge in [-0.2, -0.15) is 0 Å². The van der Waals surface area contributed by atoms with Crippen LogP contribution >= 0.6 is 22.7 Å². The van der Waals surface area contributed by atoms with Crippen molar-refractivity contribution < 1.29 is 0 Å². The highest BCUT2D eigenvalue weighted by Gasteiger charge is 2.26. The Hall–Kier alpha value is -0.940. The first-order valence-corrected chi connectivity index (χ1v) is 7.11. The monoisotopic (exact) mass is 251 g/mol. The maximum absolute atomic E-state index is 4.63. The molecule has 1 aliphatic rings. The molecule has 2 aromatic heterocycles. The third kappa shape index (κ3) is 2.25. The molecule has 1 fully saturated rings. The minimum atomic E-state index is 0.765. The van der Waals surface area contributed by atoms with Gasteiger partial charge in [0.2, 0.25) is 0 Å². The predicted octanol–water partition coefficient (Wildman–Crippen LogP) is 3.40. The summed E-state index contributed by atoms with van der Waals surface area (Å²) in [6.45, 7) is 2.85. The van der Waals surface area contributed by atoms with Gasteiger partial charge in [-0.05, 0) is 19.8 Å². The van der Waals surface area contributed by atoms with Crippen molar-refractivity contribution in [2.24, 2.45) is 0 Å². The molecule has 3 nitrogen and oxygen atoms in total. The van der Waals surface area contributed by atoms with E-state index in [0.29, 0.717) is 0 Å². The van der Waals surface area contributed by atoms with Crippen LogP contribution < -0.4 is 5.32 Å². The second-order valence-corrected chi connectivity index (χ2v) is 6.21. The molecule has 16 heavy (non-hydrogen) atoms. The lowest BCUT2D eigenvalue weighted by Gasteiger charge is -1.98. The molecule has 0 aromatic carbocycles. The Bertz CT molecular complexity index is 485. The number of rotatable bonds is 4. The lowest BCUT2D eigenvalue weighted by Crippen LogP contribution is -1.99. The van der Waals surface area contributed by atoms with Gasteiger partial charge in [-0.3, -0.25) is 0 Å². The molecule has 0 radical (unpaired) electrons. The summed E-state index contributed by atoms with van der Waals surface area (Å²) >= 11 is 3.48. The van der Waals surface area contributed by atoms with Gasteiger partial charge in [0.1, 0.15) is 0 Å². The fraction of sp³-hybridized carbons (Fsp3) is 0.455. The van der Waals surface area contributed by atoms with Crippen LogP contribution in [0.5, 0.6) is 0 Å². The summed E-state index contributed by atoms with van der Waals surface area (Å²) in [5, 5.41) is 7.76. The van der Waals surface area contributed by atoms with Crippen molar-refractivity contribution in [3.63, 3.8) is 0 Å². The molecule has 0 saturated heterocycles. The van der Waals surface area contributed by atoms with Crippen LogP contribution in [0.2, 0.25) is 0 Å². The van der Waals surface area contributed by atoms with E-state index in [1.54, 1.807) is 22.7 Å². The maximum atomic E-state index is 4.63. The number of aryl methyl sites for hydroxylation is 1. The second-order valence-electron chi connectivity index (χ2n) is 4.08.